The van der Waals surface area contributed by atoms with E-state index >= 15 is 0 Å². The van der Waals surface area contributed by atoms with Crippen LogP contribution in [0.25, 0.3) is 11.4 Å². The van der Waals surface area contributed by atoms with E-state index in [4.69, 9.17) is 4.52 Å². The van der Waals surface area contributed by atoms with Crippen molar-refractivity contribution in [3.63, 3.8) is 0 Å². The molecule has 1 aliphatic heterocycles. The minimum absolute atomic E-state index is 0.261. The largest absolute Gasteiger partial charge is 0.339 e. The zero-order valence-electron chi connectivity index (χ0n) is 17.0. The van der Waals surface area contributed by atoms with Gasteiger partial charge in [0.25, 0.3) is 5.91 Å². The molecule has 0 spiro atoms. The molecule has 2 aliphatic rings. The van der Waals surface area contributed by atoms with Crippen LogP contribution in [0.5, 0.6) is 0 Å². The third-order valence-corrected chi connectivity index (χ3v) is 6.74. The number of benzene rings is 2. The minimum atomic E-state index is -3.34. The van der Waals surface area contributed by atoms with Crippen molar-refractivity contribution in [1.82, 2.24) is 10.1 Å². The van der Waals surface area contributed by atoms with E-state index in [9.17, 15) is 13.2 Å². The lowest BCUT2D eigenvalue weighted by Gasteiger charge is -2.29. The maximum atomic E-state index is 12.8. The molecule has 2 heterocycles. The third-order valence-electron chi connectivity index (χ3n) is 5.56. The topological polar surface area (TPSA) is 105 Å². The van der Waals surface area contributed by atoms with Crippen LogP contribution in [0.3, 0.4) is 0 Å². The van der Waals surface area contributed by atoms with Gasteiger partial charge in [0, 0.05) is 29.3 Å². The number of amides is 1. The fourth-order valence-electron chi connectivity index (χ4n) is 3.84. The molecule has 2 aromatic carbocycles. The van der Waals surface area contributed by atoms with Gasteiger partial charge in [0.15, 0.2) is 0 Å². The molecule has 0 atom stereocenters. The monoisotopic (exact) mass is 438 g/mol. The zero-order chi connectivity index (χ0) is 21.6. The highest BCUT2D eigenvalue weighted by Gasteiger charge is 2.30. The summed E-state index contributed by atoms with van der Waals surface area (Å²) in [5.74, 6) is 1.30. The maximum absolute atomic E-state index is 12.8. The maximum Gasteiger partial charge on any atom is 0.255 e. The number of fused-ring (bicyclic) bond motifs is 1. The van der Waals surface area contributed by atoms with Gasteiger partial charge in [-0.1, -0.05) is 17.3 Å². The van der Waals surface area contributed by atoms with Crippen LogP contribution in [0.2, 0.25) is 0 Å². The second-order valence-electron chi connectivity index (χ2n) is 8.05. The molecular formula is C22H22N4O4S. The first kappa shape index (κ1) is 19.7. The molecule has 5 rings (SSSR count). The van der Waals surface area contributed by atoms with Crippen LogP contribution in [-0.4, -0.2) is 37.3 Å². The van der Waals surface area contributed by atoms with Gasteiger partial charge in [-0.15, -0.1) is 0 Å². The Hall–Kier alpha value is -3.20. The number of nitrogens with one attached hydrogen (secondary N) is 1. The number of carbonyl (C=O) groups excluding carboxylic acids is 1. The average Bonchev–Trinajstić information content (AvgIpc) is 3.49. The highest BCUT2D eigenvalue weighted by atomic mass is 32.2. The number of nitrogens with zero attached hydrogens (tertiary/aromatic N) is 3. The Labute approximate surface area is 180 Å². The fourth-order valence-corrected chi connectivity index (χ4v) is 4.83. The van der Waals surface area contributed by atoms with E-state index in [0.29, 0.717) is 41.1 Å². The standard InChI is InChI=1S/C22H22N4O4S/c1-31(28,29)26-11-3-5-15-12-17(9-10-19(15)26)21(27)23-18-6-2-4-16(13-18)20-24-22(30-25-20)14-7-8-14/h2,4,6,9-10,12-14H,3,5,7-8,11H2,1H3,(H,23,27). The molecule has 9 heteroatoms. The highest BCUT2D eigenvalue weighted by Crippen LogP contribution is 2.39. The van der Waals surface area contributed by atoms with Crippen LogP contribution in [0, 0.1) is 0 Å². The van der Waals surface area contributed by atoms with Crippen LogP contribution >= 0.6 is 0 Å². The van der Waals surface area contributed by atoms with Crippen LogP contribution in [0.1, 0.15) is 47.0 Å². The van der Waals surface area contributed by atoms with Gasteiger partial charge in [0.05, 0.1) is 11.9 Å². The van der Waals surface area contributed by atoms with Crippen molar-refractivity contribution in [3.8, 4) is 11.4 Å². The number of aryl methyl sites for hydroxylation is 1. The number of sulfonamides is 1. The molecule has 31 heavy (non-hydrogen) atoms. The summed E-state index contributed by atoms with van der Waals surface area (Å²) in [7, 11) is -3.34. The van der Waals surface area contributed by atoms with E-state index in [1.54, 1.807) is 24.3 Å². The predicted octanol–water partition coefficient (Wildman–Crippen LogP) is 3.58. The second kappa shape index (κ2) is 7.49. The molecule has 1 aliphatic carbocycles. The summed E-state index contributed by atoms with van der Waals surface area (Å²) in [4.78, 5) is 17.3. The lowest BCUT2D eigenvalue weighted by atomic mass is 10.0. The van der Waals surface area contributed by atoms with Crippen LogP contribution in [0.4, 0.5) is 11.4 Å². The normalized spacial score (nSPS) is 16.1. The van der Waals surface area contributed by atoms with Gasteiger partial charge in [-0.25, -0.2) is 8.42 Å². The van der Waals surface area contributed by atoms with Crippen molar-refractivity contribution >= 4 is 27.3 Å². The fraction of sp³-hybridized carbons (Fsp3) is 0.318. The summed E-state index contributed by atoms with van der Waals surface area (Å²) in [5, 5.41) is 6.95. The first-order valence-corrected chi connectivity index (χ1v) is 12.1. The van der Waals surface area contributed by atoms with Gasteiger partial charge in [-0.05, 0) is 61.6 Å². The highest BCUT2D eigenvalue weighted by molar-refractivity contribution is 7.92. The van der Waals surface area contributed by atoms with E-state index in [-0.39, 0.29) is 5.91 Å². The number of rotatable bonds is 5. The molecule has 1 aromatic heterocycles. The van der Waals surface area contributed by atoms with Gasteiger partial charge >= 0.3 is 0 Å². The zero-order valence-corrected chi connectivity index (χ0v) is 17.9. The average molecular weight is 439 g/mol. The summed E-state index contributed by atoms with van der Waals surface area (Å²) in [5.41, 5.74) is 3.38. The Bertz CT molecular complexity index is 1260. The number of anilines is 2. The molecular weight excluding hydrogens is 416 g/mol. The molecule has 0 radical (unpaired) electrons. The molecule has 8 nitrogen and oxygen atoms in total. The Morgan fingerprint density at radius 3 is 2.81 bits per heavy atom. The molecule has 1 saturated carbocycles. The van der Waals surface area contributed by atoms with E-state index in [1.165, 1.54) is 10.6 Å². The van der Waals surface area contributed by atoms with Crippen molar-refractivity contribution in [2.45, 2.75) is 31.6 Å². The molecule has 160 valence electrons. The van der Waals surface area contributed by atoms with E-state index < -0.39 is 10.0 Å². The van der Waals surface area contributed by atoms with Crippen molar-refractivity contribution in [2.24, 2.45) is 0 Å². The number of carbonyl (C=O) groups is 1. The summed E-state index contributed by atoms with van der Waals surface area (Å²) in [6.45, 7) is 0.461. The van der Waals surface area contributed by atoms with Gasteiger partial charge in [0.2, 0.25) is 21.7 Å². The summed E-state index contributed by atoms with van der Waals surface area (Å²) < 4.78 is 30.8. The van der Waals surface area contributed by atoms with Crippen LogP contribution in [-0.2, 0) is 16.4 Å². The summed E-state index contributed by atoms with van der Waals surface area (Å²) in [6, 6.07) is 12.4. The SMILES string of the molecule is CS(=O)(=O)N1CCCc2cc(C(=O)Nc3cccc(-c4noc(C5CC5)n4)c3)ccc21. The molecule has 0 unspecified atom stereocenters. The summed E-state index contributed by atoms with van der Waals surface area (Å²) >= 11 is 0. The molecule has 0 bridgehead atoms. The Morgan fingerprint density at radius 2 is 2.03 bits per heavy atom. The molecule has 0 saturated heterocycles. The van der Waals surface area contributed by atoms with Gasteiger partial charge in [0.1, 0.15) is 0 Å². The number of aromatic nitrogens is 2. The molecule has 1 N–H and O–H groups in total. The smallest absolute Gasteiger partial charge is 0.255 e. The quantitative estimate of drug-likeness (QED) is 0.653. The van der Waals surface area contributed by atoms with Crippen molar-refractivity contribution in [1.29, 1.82) is 0 Å². The Kier molecular flexibility index (Phi) is 4.77. The predicted molar refractivity (Wildman–Crippen MR) is 117 cm³/mol. The third kappa shape index (κ3) is 4.05. The van der Waals surface area contributed by atoms with Gasteiger partial charge in [-0.2, -0.15) is 4.98 Å². The number of hydrogen-bond donors (Lipinski definition) is 1. The Balaban J connectivity index is 1.35. The van der Waals surface area contributed by atoms with E-state index in [0.717, 1.165) is 36.8 Å². The van der Waals surface area contributed by atoms with Crippen molar-refractivity contribution < 1.29 is 17.7 Å². The molecule has 1 fully saturated rings. The first-order valence-electron chi connectivity index (χ1n) is 10.2. The molecule has 3 aromatic rings. The van der Waals surface area contributed by atoms with Gasteiger partial charge in [-0.3, -0.25) is 9.10 Å². The van der Waals surface area contributed by atoms with E-state index in [2.05, 4.69) is 15.5 Å². The Morgan fingerprint density at radius 1 is 1.19 bits per heavy atom. The van der Waals surface area contributed by atoms with Crippen molar-refractivity contribution in [2.75, 3.05) is 22.4 Å². The second-order valence-corrected chi connectivity index (χ2v) is 9.95. The summed E-state index contributed by atoms with van der Waals surface area (Å²) in [6.07, 6.45) is 4.83. The van der Waals surface area contributed by atoms with Gasteiger partial charge < -0.3 is 9.84 Å². The molecule has 1 amide bonds. The van der Waals surface area contributed by atoms with Crippen molar-refractivity contribution in [3.05, 3.63) is 59.5 Å². The number of hydrogen-bond acceptors (Lipinski definition) is 6. The van der Waals surface area contributed by atoms with E-state index in [1.807, 2.05) is 18.2 Å². The first-order chi connectivity index (χ1) is 14.9. The van der Waals surface area contributed by atoms with Crippen LogP contribution in [0.15, 0.2) is 47.0 Å². The lowest BCUT2D eigenvalue weighted by Crippen LogP contribution is -2.34. The van der Waals surface area contributed by atoms with Crippen LogP contribution < -0.4 is 9.62 Å². The lowest BCUT2D eigenvalue weighted by molar-refractivity contribution is 0.102. The minimum Gasteiger partial charge on any atom is -0.339 e.